The first-order valence-corrected chi connectivity index (χ1v) is 10.2. The first-order chi connectivity index (χ1) is 15.8. The molecule has 4 rings (SSSR count). The van der Waals surface area contributed by atoms with Crippen LogP contribution in [-0.4, -0.2) is 52.3 Å². The molecular formula is C24H19F3N4O2. The fraction of sp³-hybridized carbons (Fsp3) is 0.208. The minimum absolute atomic E-state index is 0.0857. The second kappa shape index (κ2) is 9.30. The van der Waals surface area contributed by atoms with Crippen molar-refractivity contribution in [2.45, 2.75) is 6.18 Å². The second-order valence-corrected chi connectivity index (χ2v) is 7.40. The molecule has 0 unspecified atom stereocenters. The van der Waals surface area contributed by atoms with E-state index in [1.165, 1.54) is 35.2 Å². The molecule has 6 nitrogen and oxygen atoms in total. The number of carbonyl (C=O) groups excluding carboxylic acids is 1. The van der Waals surface area contributed by atoms with Crippen LogP contribution in [0.4, 0.5) is 13.2 Å². The van der Waals surface area contributed by atoms with E-state index >= 15 is 0 Å². The lowest BCUT2D eigenvalue weighted by Gasteiger charge is -2.28. The van der Waals surface area contributed by atoms with Gasteiger partial charge in [-0.05, 0) is 48.4 Å². The maximum absolute atomic E-state index is 13.8. The number of nitrogens with zero attached hydrogens (tertiary/aromatic N) is 3. The molecule has 0 atom stereocenters. The van der Waals surface area contributed by atoms with Crippen LogP contribution < -0.4 is 5.32 Å². The molecule has 9 heteroatoms. The Morgan fingerprint density at radius 2 is 1.79 bits per heavy atom. The number of hydrogen-bond acceptors (Lipinski definition) is 5. The summed E-state index contributed by atoms with van der Waals surface area (Å²) in [7, 11) is 0. The quantitative estimate of drug-likeness (QED) is 0.584. The van der Waals surface area contributed by atoms with E-state index in [4.69, 9.17) is 0 Å². The molecule has 0 aliphatic carbocycles. The molecule has 2 heterocycles. The average molecular weight is 452 g/mol. The Balaban J connectivity index is 1.61. The summed E-state index contributed by atoms with van der Waals surface area (Å²) in [6, 6.07) is 13.0. The number of phenols is 1. The molecule has 1 amide bonds. The summed E-state index contributed by atoms with van der Waals surface area (Å²) in [6.07, 6.45) is -4.70. The van der Waals surface area contributed by atoms with Crippen LogP contribution in [0.1, 0.15) is 27.2 Å². The maximum Gasteiger partial charge on any atom is 0.417 e. The van der Waals surface area contributed by atoms with Gasteiger partial charge in [0.15, 0.2) is 0 Å². The molecule has 33 heavy (non-hydrogen) atoms. The van der Waals surface area contributed by atoms with Crippen LogP contribution in [0.25, 0.3) is 11.3 Å². The molecular weight excluding hydrogens is 433 g/mol. The third-order valence-corrected chi connectivity index (χ3v) is 5.10. The maximum atomic E-state index is 13.8. The predicted octanol–water partition coefficient (Wildman–Crippen LogP) is 3.31. The summed E-state index contributed by atoms with van der Waals surface area (Å²) in [5.74, 6) is 5.07. The number of amides is 1. The summed E-state index contributed by atoms with van der Waals surface area (Å²) in [5.41, 5.74) is -0.0550. The van der Waals surface area contributed by atoms with E-state index in [0.29, 0.717) is 37.4 Å². The van der Waals surface area contributed by atoms with Gasteiger partial charge in [0.05, 0.1) is 16.8 Å². The number of benzene rings is 2. The Morgan fingerprint density at radius 3 is 2.45 bits per heavy atom. The lowest BCUT2D eigenvalue weighted by Crippen LogP contribution is -2.46. The number of aromatic nitrogens is 2. The van der Waals surface area contributed by atoms with Gasteiger partial charge in [-0.1, -0.05) is 18.1 Å². The number of phenolic OH excluding ortho intramolecular Hbond substituents is 1. The topological polar surface area (TPSA) is 78.3 Å². The molecule has 1 fully saturated rings. The van der Waals surface area contributed by atoms with Crippen molar-refractivity contribution in [3.63, 3.8) is 0 Å². The second-order valence-electron chi connectivity index (χ2n) is 7.40. The SMILES string of the molecule is O=C(c1ccc(-c2ccc(C#Cc3cccc(O)c3)nn2)cc1C(F)(F)F)N1CCNCC1. The van der Waals surface area contributed by atoms with Crippen LogP contribution in [0.15, 0.2) is 54.6 Å². The number of rotatable bonds is 2. The van der Waals surface area contributed by atoms with E-state index in [0.717, 1.165) is 6.07 Å². The van der Waals surface area contributed by atoms with E-state index < -0.39 is 17.6 Å². The molecule has 1 aliphatic heterocycles. The van der Waals surface area contributed by atoms with Crippen molar-refractivity contribution >= 4 is 5.91 Å². The molecule has 1 aliphatic rings. The van der Waals surface area contributed by atoms with Gasteiger partial charge in [-0.25, -0.2) is 0 Å². The number of nitrogens with one attached hydrogen (secondary N) is 1. The molecule has 2 N–H and O–H groups in total. The number of piperazine rings is 1. The molecule has 0 bridgehead atoms. The average Bonchev–Trinajstić information content (AvgIpc) is 2.82. The highest BCUT2D eigenvalue weighted by Crippen LogP contribution is 2.35. The summed E-state index contributed by atoms with van der Waals surface area (Å²) in [4.78, 5) is 14.1. The van der Waals surface area contributed by atoms with Gasteiger partial charge in [0, 0.05) is 37.3 Å². The highest BCUT2D eigenvalue weighted by molar-refractivity contribution is 5.96. The summed E-state index contributed by atoms with van der Waals surface area (Å²) in [6.45, 7) is 1.80. The molecule has 2 aromatic carbocycles. The molecule has 168 valence electrons. The molecule has 0 radical (unpaired) electrons. The first-order valence-electron chi connectivity index (χ1n) is 10.2. The van der Waals surface area contributed by atoms with Gasteiger partial charge in [0.2, 0.25) is 0 Å². The highest BCUT2D eigenvalue weighted by Gasteiger charge is 2.37. The third-order valence-electron chi connectivity index (χ3n) is 5.10. The minimum atomic E-state index is -4.70. The van der Waals surface area contributed by atoms with Crippen molar-refractivity contribution in [2.75, 3.05) is 26.2 Å². The number of alkyl halides is 3. The van der Waals surface area contributed by atoms with E-state index in [9.17, 15) is 23.1 Å². The molecule has 0 spiro atoms. The zero-order chi connectivity index (χ0) is 23.4. The standard InChI is InChI=1S/C24H19F3N4O2/c25-24(26,27)21-15-17(5-8-20(21)23(33)31-12-10-28-11-13-31)22-9-7-18(29-30-22)6-4-16-2-1-3-19(32)14-16/h1-3,5,7-9,14-15,28,32H,10-13H2. The van der Waals surface area contributed by atoms with Crippen molar-refractivity contribution < 1.29 is 23.1 Å². The zero-order valence-electron chi connectivity index (χ0n) is 17.4. The van der Waals surface area contributed by atoms with Crippen molar-refractivity contribution in [3.05, 3.63) is 77.0 Å². The van der Waals surface area contributed by atoms with Crippen LogP contribution in [0, 0.1) is 11.8 Å². The van der Waals surface area contributed by atoms with Crippen molar-refractivity contribution in [1.29, 1.82) is 0 Å². The van der Waals surface area contributed by atoms with Gasteiger partial charge in [0.1, 0.15) is 11.4 Å². The Labute approximate surface area is 188 Å². The predicted molar refractivity (Wildman–Crippen MR) is 115 cm³/mol. The molecule has 1 saturated heterocycles. The van der Waals surface area contributed by atoms with Crippen molar-refractivity contribution in [1.82, 2.24) is 20.4 Å². The van der Waals surface area contributed by atoms with E-state index in [2.05, 4.69) is 27.4 Å². The largest absolute Gasteiger partial charge is 0.508 e. The number of hydrogen-bond donors (Lipinski definition) is 2. The monoisotopic (exact) mass is 452 g/mol. The van der Waals surface area contributed by atoms with Crippen LogP contribution >= 0.6 is 0 Å². The minimum Gasteiger partial charge on any atom is -0.508 e. The van der Waals surface area contributed by atoms with Gasteiger partial charge >= 0.3 is 6.18 Å². The van der Waals surface area contributed by atoms with Crippen LogP contribution in [0.2, 0.25) is 0 Å². The first kappa shape index (κ1) is 22.3. The van der Waals surface area contributed by atoms with Crippen molar-refractivity contribution in [3.8, 4) is 28.8 Å². The summed E-state index contributed by atoms with van der Waals surface area (Å²) >= 11 is 0. The lowest BCUT2D eigenvalue weighted by atomic mass is 10.00. The molecule has 0 saturated carbocycles. The number of carbonyl (C=O) groups is 1. The van der Waals surface area contributed by atoms with Gasteiger partial charge in [-0.3, -0.25) is 4.79 Å². The van der Waals surface area contributed by atoms with Gasteiger partial charge < -0.3 is 15.3 Å². The van der Waals surface area contributed by atoms with E-state index in [1.807, 2.05) is 0 Å². The van der Waals surface area contributed by atoms with Gasteiger partial charge in [-0.15, -0.1) is 10.2 Å². The van der Waals surface area contributed by atoms with E-state index in [-0.39, 0.29) is 22.6 Å². The normalized spacial score (nSPS) is 13.8. The summed E-state index contributed by atoms with van der Waals surface area (Å²) < 4.78 is 41.3. The highest BCUT2D eigenvalue weighted by atomic mass is 19.4. The smallest absolute Gasteiger partial charge is 0.417 e. The van der Waals surface area contributed by atoms with Crippen LogP contribution in [0.5, 0.6) is 5.75 Å². The Bertz CT molecular complexity index is 1220. The fourth-order valence-electron chi connectivity index (χ4n) is 3.44. The third kappa shape index (κ3) is 5.30. The Morgan fingerprint density at radius 1 is 1.00 bits per heavy atom. The van der Waals surface area contributed by atoms with Gasteiger partial charge in [0.25, 0.3) is 5.91 Å². The number of aromatic hydroxyl groups is 1. The van der Waals surface area contributed by atoms with Crippen LogP contribution in [-0.2, 0) is 6.18 Å². The van der Waals surface area contributed by atoms with Gasteiger partial charge in [-0.2, -0.15) is 13.2 Å². The van der Waals surface area contributed by atoms with Crippen molar-refractivity contribution in [2.24, 2.45) is 0 Å². The fourth-order valence-corrected chi connectivity index (χ4v) is 3.44. The molecule has 1 aromatic heterocycles. The van der Waals surface area contributed by atoms with Crippen LogP contribution in [0.3, 0.4) is 0 Å². The molecule has 3 aromatic rings. The summed E-state index contributed by atoms with van der Waals surface area (Å²) in [5, 5.41) is 20.5. The Kier molecular flexibility index (Phi) is 6.29. The lowest BCUT2D eigenvalue weighted by molar-refractivity contribution is -0.138. The number of halogens is 3. The zero-order valence-corrected chi connectivity index (χ0v) is 17.4. The Hall–Kier alpha value is -3.90. The van der Waals surface area contributed by atoms with E-state index in [1.54, 1.807) is 18.2 Å².